The molecule has 0 radical (unpaired) electrons. The van der Waals surface area contributed by atoms with E-state index in [1.54, 1.807) is 0 Å². The number of β-amino-alcohol motifs (C(OH)–C–C–N with tert-alkyl or cyclic N) is 1. The summed E-state index contributed by atoms with van der Waals surface area (Å²) in [5.41, 5.74) is 7.47. The van der Waals surface area contributed by atoms with Crippen LogP contribution < -0.4 is 5.73 Å². The van der Waals surface area contributed by atoms with Crippen LogP contribution in [0.2, 0.25) is 0 Å². The Morgan fingerprint density at radius 1 is 1.32 bits per heavy atom. The highest BCUT2D eigenvalue weighted by atomic mass is 16.3. The van der Waals surface area contributed by atoms with Gasteiger partial charge in [0.1, 0.15) is 0 Å². The minimum absolute atomic E-state index is 0.473. The Morgan fingerprint density at radius 2 is 2.11 bits per heavy atom. The maximum atomic E-state index is 10.3. The van der Waals surface area contributed by atoms with E-state index in [0.29, 0.717) is 12.2 Å². The SMILES string of the molecule is CCC1CCCN(CC(O)c2ccccc2N)CC1. The summed E-state index contributed by atoms with van der Waals surface area (Å²) in [6.45, 7) is 5.17. The van der Waals surface area contributed by atoms with Crippen molar-refractivity contribution in [3.63, 3.8) is 0 Å². The second-order valence-corrected chi connectivity index (χ2v) is 5.65. The molecule has 2 unspecified atom stereocenters. The van der Waals surface area contributed by atoms with Crippen LogP contribution in [-0.4, -0.2) is 29.6 Å². The lowest BCUT2D eigenvalue weighted by atomic mass is 9.98. The molecule has 0 aliphatic carbocycles. The molecule has 1 aromatic rings. The van der Waals surface area contributed by atoms with Crippen LogP contribution in [0.15, 0.2) is 24.3 Å². The number of rotatable bonds is 4. The molecule has 1 aliphatic rings. The van der Waals surface area contributed by atoms with Crippen molar-refractivity contribution in [3.05, 3.63) is 29.8 Å². The lowest BCUT2D eigenvalue weighted by molar-refractivity contribution is 0.115. The number of anilines is 1. The summed E-state index contributed by atoms with van der Waals surface area (Å²) in [6.07, 6.45) is 4.64. The molecule has 2 atom stereocenters. The molecule has 0 aromatic heterocycles. The Hall–Kier alpha value is -1.06. The Balaban J connectivity index is 1.92. The van der Waals surface area contributed by atoms with E-state index in [1.807, 2.05) is 24.3 Å². The van der Waals surface area contributed by atoms with Crippen molar-refractivity contribution in [2.75, 3.05) is 25.4 Å². The van der Waals surface area contributed by atoms with Gasteiger partial charge in [-0.05, 0) is 44.3 Å². The maximum absolute atomic E-state index is 10.3. The second kappa shape index (κ2) is 6.92. The Kier molecular flexibility index (Phi) is 5.23. The van der Waals surface area contributed by atoms with E-state index in [1.165, 1.54) is 25.7 Å². The number of aliphatic hydroxyl groups excluding tert-OH is 1. The normalized spacial score (nSPS) is 22.9. The van der Waals surface area contributed by atoms with Gasteiger partial charge in [-0.15, -0.1) is 0 Å². The molecule has 3 heteroatoms. The number of hydrogen-bond acceptors (Lipinski definition) is 3. The van der Waals surface area contributed by atoms with Crippen molar-refractivity contribution in [1.29, 1.82) is 0 Å². The van der Waals surface area contributed by atoms with E-state index in [4.69, 9.17) is 5.73 Å². The number of benzene rings is 1. The number of nitrogens with zero attached hydrogens (tertiary/aromatic N) is 1. The lowest BCUT2D eigenvalue weighted by Gasteiger charge is -2.24. The first-order valence-electron chi connectivity index (χ1n) is 7.45. The largest absolute Gasteiger partial charge is 0.398 e. The highest BCUT2D eigenvalue weighted by molar-refractivity contribution is 5.47. The van der Waals surface area contributed by atoms with Gasteiger partial charge in [-0.1, -0.05) is 31.5 Å². The smallest absolute Gasteiger partial charge is 0.0936 e. The van der Waals surface area contributed by atoms with Crippen molar-refractivity contribution in [3.8, 4) is 0 Å². The van der Waals surface area contributed by atoms with Crippen molar-refractivity contribution in [2.24, 2.45) is 5.92 Å². The molecule has 2 rings (SSSR count). The van der Waals surface area contributed by atoms with Gasteiger partial charge in [-0.3, -0.25) is 0 Å². The first-order valence-corrected chi connectivity index (χ1v) is 7.45. The summed E-state index contributed by atoms with van der Waals surface area (Å²) >= 11 is 0. The van der Waals surface area contributed by atoms with E-state index in [0.717, 1.165) is 24.6 Å². The van der Waals surface area contributed by atoms with Crippen LogP contribution in [0.5, 0.6) is 0 Å². The zero-order valence-corrected chi connectivity index (χ0v) is 11.9. The molecule has 19 heavy (non-hydrogen) atoms. The van der Waals surface area contributed by atoms with Gasteiger partial charge in [-0.25, -0.2) is 0 Å². The van der Waals surface area contributed by atoms with Gasteiger partial charge in [-0.2, -0.15) is 0 Å². The monoisotopic (exact) mass is 262 g/mol. The second-order valence-electron chi connectivity index (χ2n) is 5.65. The topological polar surface area (TPSA) is 49.5 Å². The average molecular weight is 262 g/mol. The van der Waals surface area contributed by atoms with E-state index >= 15 is 0 Å². The van der Waals surface area contributed by atoms with Crippen molar-refractivity contribution >= 4 is 5.69 Å². The number of hydrogen-bond donors (Lipinski definition) is 2. The molecule has 0 saturated carbocycles. The summed E-state index contributed by atoms with van der Waals surface area (Å²) in [5, 5.41) is 10.3. The number of likely N-dealkylation sites (tertiary alicyclic amines) is 1. The van der Waals surface area contributed by atoms with Crippen LogP contribution in [0.25, 0.3) is 0 Å². The van der Waals surface area contributed by atoms with Gasteiger partial charge in [0.2, 0.25) is 0 Å². The molecule has 1 aromatic carbocycles. The lowest BCUT2D eigenvalue weighted by Crippen LogP contribution is -2.30. The summed E-state index contributed by atoms with van der Waals surface area (Å²) in [4.78, 5) is 2.38. The quantitative estimate of drug-likeness (QED) is 0.820. The third-order valence-electron chi connectivity index (χ3n) is 4.30. The third-order valence-corrected chi connectivity index (χ3v) is 4.30. The van der Waals surface area contributed by atoms with Gasteiger partial charge < -0.3 is 15.7 Å². The molecule has 1 fully saturated rings. The fraction of sp³-hybridized carbons (Fsp3) is 0.625. The maximum Gasteiger partial charge on any atom is 0.0936 e. The van der Waals surface area contributed by atoms with Crippen LogP contribution >= 0.6 is 0 Å². The van der Waals surface area contributed by atoms with Gasteiger partial charge >= 0.3 is 0 Å². The van der Waals surface area contributed by atoms with Gasteiger partial charge in [0.15, 0.2) is 0 Å². The minimum atomic E-state index is -0.473. The highest BCUT2D eigenvalue weighted by Gasteiger charge is 2.19. The fourth-order valence-electron chi connectivity index (χ4n) is 2.97. The molecule has 1 saturated heterocycles. The molecular formula is C16H26N2O. The van der Waals surface area contributed by atoms with E-state index < -0.39 is 6.10 Å². The Bertz CT molecular complexity index is 394. The van der Waals surface area contributed by atoms with Crippen LogP contribution in [0, 0.1) is 5.92 Å². The van der Waals surface area contributed by atoms with E-state index in [2.05, 4.69) is 11.8 Å². The molecule has 3 N–H and O–H groups in total. The van der Waals surface area contributed by atoms with Crippen molar-refractivity contribution < 1.29 is 5.11 Å². The van der Waals surface area contributed by atoms with E-state index in [9.17, 15) is 5.11 Å². The molecular weight excluding hydrogens is 236 g/mol. The summed E-state index contributed by atoms with van der Waals surface area (Å²) in [5.74, 6) is 0.865. The predicted octanol–water partition coefficient (Wildman–Crippen LogP) is 2.81. The number of nitrogen functional groups attached to an aromatic ring is 1. The minimum Gasteiger partial charge on any atom is -0.398 e. The van der Waals surface area contributed by atoms with Gasteiger partial charge in [0.05, 0.1) is 6.10 Å². The molecule has 1 aliphatic heterocycles. The number of aliphatic hydroxyl groups is 1. The highest BCUT2D eigenvalue weighted by Crippen LogP contribution is 2.24. The van der Waals surface area contributed by atoms with Gasteiger partial charge in [0, 0.05) is 17.8 Å². The van der Waals surface area contributed by atoms with Crippen molar-refractivity contribution in [2.45, 2.75) is 38.7 Å². The van der Waals surface area contributed by atoms with Crippen LogP contribution in [0.4, 0.5) is 5.69 Å². The zero-order chi connectivity index (χ0) is 13.7. The predicted molar refractivity (Wildman–Crippen MR) is 79.9 cm³/mol. The zero-order valence-electron chi connectivity index (χ0n) is 11.9. The Labute approximate surface area is 116 Å². The standard InChI is InChI=1S/C16H26N2O/c1-2-13-6-5-10-18(11-9-13)12-16(19)14-7-3-4-8-15(14)17/h3-4,7-8,13,16,19H,2,5-6,9-12,17H2,1H3. The van der Waals surface area contributed by atoms with E-state index in [-0.39, 0.29) is 0 Å². The average Bonchev–Trinajstić information content (AvgIpc) is 2.64. The first-order chi connectivity index (χ1) is 9.20. The molecule has 0 bridgehead atoms. The molecule has 1 heterocycles. The number of nitrogens with two attached hydrogens (primary N) is 1. The van der Waals surface area contributed by atoms with Crippen LogP contribution in [0.1, 0.15) is 44.3 Å². The van der Waals surface area contributed by atoms with Crippen LogP contribution in [0.3, 0.4) is 0 Å². The van der Waals surface area contributed by atoms with Crippen molar-refractivity contribution in [1.82, 2.24) is 4.90 Å². The summed E-state index contributed by atoms with van der Waals surface area (Å²) < 4.78 is 0. The summed E-state index contributed by atoms with van der Waals surface area (Å²) in [7, 11) is 0. The fourth-order valence-corrected chi connectivity index (χ4v) is 2.97. The molecule has 106 valence electrons. The summed E-state index contributed by atoms with van der Waals surface area (Å²) in [6, 6.07) is 7.62. The first kappa shape index (κ1) is 14.4. The molecule has 0 amide bonds. The Morgan fingerprint density at radius 3 is 2.84 bits per heavy atom. The van der Waals surface area contributed by atoms with Gasteiger partial charge in [0.25, 0.3) is 0 Å². The molecule has 3 nitrogen and oxygen atoms in total. The third kappa shape index (κ3) is 3.95. The number of para-hydroxylation sites is 1. The molecule has 0 spiro atoms. The van der Waals surface area contributed by atoms with Crippen LogP contribution in [-0.2, 0) is 0 Å².